The van der Waals surface area contributed by atoms with E-state index in [-0.39, 0.29) is 29.5 Å². The number of sulfonamides is 1. The Morgan fingerprint density at radius 2 is 1.66 bits per heavy atom. The number of nitrogens with zero attached hydrogens (tertiary/aromatic N) is 3. The van der Waals surface area contributed by atoms with E-state index in [1.165, 1.54) is 11.4 Å². The first-order valence-corrected chi connectivity index (χ1v) is 13.8. The number of methoxy groups -OCH3 is 1. The van der Waals surface area contributed by atoms with Crippen LogP contribution in [0.1, 0.15) is 39.5 Å². The minimum absolute atomic E-state index is 0.0375. The summed E-state index contributed by atoms with van der Waals surface area (Å²) < 4.78 is 32.1. The Hall–Kier alpha value is -3.07. The molecule has 35 heavy (non-hydrogen) atoms. The molecule has 0 bridgehead atoms. The van der Waals surface area contributed by atoms with Crippen LogP contribution in [0.2, 0.25) is 0 Å². The maximum absolute atomic E-state index is 13.3. The number of anilines is 3. The van der Waals surface area contributed by atoms with Crippen molar-refractivity contribution in [2.24, 2.45) is 5.92 Å². The normalized spacial score (nSPS) is 21.5. The Balaban J connectivity index is 1.60. The van der Waals surface area contributed by atoms with Crippen molar-refractivity contribution in [1.82, 2.24) is 0 Å². The van der Waals surface area contributed by atoms with Gasteiger partial charge in [-0.2, -0.15) is 0 Å². The number of carbonyl (C=O) groups excluding carboxylic acids is 2. The Morgan fingerprint density at radius 1 is 0.971 bits per heavy atom. The van der Waals surface area contributed by atoms with Gasteiger partial charge < -0.3 is 14.5 Å². The van der Waals surface area contributed by atoms with Crippen LogP contribution in [0.25, 0.3) is 11.1 Å². The monoisotopic (exact) mass is 497 g/mol. The van der Waals surface area contributed by atoms with Crippen molar-refractivity contribution in [3.63, 3.8) is 0 Å². The van der Waals surface area contributed by atoms with E-state index in [1.54, 1.807) is 17.9 Å². The van der Waals surface area contributed by atoms with Gasteiger partial charge in [-0.1, -0.05) is 18.6 Å². The van der Waals surface area contributed by atoms with Crippen molar-refractivity contribution in [3.05, 3.63) is 36.4 Å². The molecule has 2 aromatic rings. The van der Waals surface area contributed by atoms with Crippen molar-refractivity contribution in [1.29, 1.82) is 0 Å². The van der Waals surface area contributed by atoms with E-state index in [1.807, 2.05) is 42.2 Å². The van der Waals surface area contributed by atoms with Gasteiger partial charge in [-0.3, -0.25) is 13.9 Å². The molecule has 0 unspecified atom stereocenters. The van der Waals surface area contributed by atoms with E-state index in [0.717, 1.165) is 41.8 Å². The molecule has 3 aliphatic rings. The molecule has 9 heteroatoms. The molecular formula is C26H31N3O5S. The number of benzene rings is 2. The largest absolute Gasteiger partial charge is 0.495 e. The molecule has 2 aromatic carbocycles. The summed E-state index contributed by atoms with van der Waals surface area (Å²) in [5.41, 5.74) is 3.62. The molecule has 186 valence electrons. The fourth-order valence-corrected chi connectivity index (χ4v) is 6.91. The van der Waals surface area contributed by atoms with Crippen molar-refractivity contribution in [2.45, 2.75) is 45.6 Å². The summed E-state index contributed by atoms with van der Waals surface area (Å²) in [6.07, 6.45) is 3.45. The fraction of sp³-hybridized carbons (Fsp3) is 0.462. The molecule has 8 nitrogen and oxygen atoms in total. The molecule has 1 saturated carbocycles. The second-order valence-electron chi connectivity index (χ2n) is 9.65. The molecule has 2 amide bonds. The molecule has 1 aliphatic carbocycles. The van der Waals surface area contributed by atoms with Crippen LogP contribution in [-0.2, 0) is 19.6 Å². The zero-order valence-electron chi connectivity index (χ0n) is 20.4. The number of carbonyl (C=O) groups is 2. The quantitative estimate of drug-likeness (QED) is 0.642. The van der Waals surface area contributed by atoms with Crippen molar-refractivity contribution in [2.75, 3.05) is 40.1 Å². The maximum atomic E-state index is 13.3. The molecule has 2 heterocycles. The van der Waals surface area contributed by atoms with Crippen LogP contribution in [0.3, 0.4) is 0 Å². The number of fused-ring (bicyclic) bond motifs is 1. The van der Waals surface area contributed by atoms with E-state index in [0.29, 0.717) is 30.9 Å². The van der Waals surface area contributed by atoms with Crippen LogP contribution >= 0.6 is 0 Å². The molecule has 0 aromatic heterocycles. The first-order valence-electron chi connectivity index (χ1n) is 12.2. The van der Waals surface area contributed by atoms with Gasteiger partial charge >= 0.3 is 0 Å². The van der Waals surface area contributed by atoms with Crippen molar-refractivity contribution in [3.8, 4) is 16.9 Å². The van der Waals surface area contributed by atoms with Crippen molar-refractivity contribution >= 4 is 38.9 Å². The summed E-state index contributed by atoms with van der Waals surface area (Å²) in [5.74, 6) is 0.707. The summed E-state index contributed by atoms with van der Waals surface area (Å²) in [5, 5.41) is 0. The van der Waals surface area contributed by atoms with Gasteiger partial charge in [0.1, 0.15) is 5.75 Å². The Bertz CT molecular complexity index is 1290. The lowest BCUT2D eigenvalue weighted by Crippen LogP contribution is -2.53. The van der Waals surface area contributed by atoms with E-state index >= 15 is 0 Å². The summed E-state index contributed by atoms with van der Waals surface area (Å²) in [7, 11) is -1.85. The predicted molar refractivity (Wildman–Crippen MR) is 136 cm³/mol. The van der Waals surface area contributed by atoms with Gasteiger partial charge in [0.05, 0.1) is 36.0 Å². The second-order valence-corrected chi connectivity index (χ2v) is 11.7. The average Bonchev–Trinajstić information content (AvgIpc) is 3.14. The van der Waals surface area contributed by atoms with Gasteiger partial charge in [-0.05, 0) is 61.6 Å². The first-order chi connectivity index (χ1) is 16.7. The molecule has 5 rings (SSSR count). The summed E-state index contributed by atoms with van der Waals surface area (Å²) >= 11 is 0. The Morgan fingerprint density at radius 3 is 2.23 bits per heavy atom. The minimum atomic E-state index is -3.38. The SMILES string of the molecule is COc1ccc(-c2ccc3c(c2)N(C(=O)C2CCC2)C[C@H](C)N3C(C)=O)cc1N1CCCS1(=O)=O. The third-order valence-corrected chi connectivity index (χ3v) is 9.21. The summed E-state index contributed by atoms with van der Waals surface area (Å²) in [6.45, 7) is 4.38. The van der Waals surface area contributed by atoms with Crippen LogP contribution in [-0.4, -0.2) is 52.2 Å². The Labute approximate surface area is 206 Å². The smallest absolute Gasteiger partial charge is 0.235 e. The van der Waals surface area contributed by atoms with E-state index in [9.17, 15) is 18.0 Å². The van der Waals surface area contributed by atoms with Crippen LogP contribution in [0.15, 0.2) is 36.4 Å². The minimum Gasteiger partial charge on any atom is -0.495 e. The highest BCUT2D eigenvalue weighted by molar-refractivity contribution is 7.93. The fourth-order valence-electron chi connectivity index (χ4n) is 5.34. The van der Waals surface area contributed by atoms with Gasteiger partial charge in [0, 0.05) is 25.9 Å². The van der Waals surface area contributed by atoms with Crippen LogP contribution in [0.5, 0.6) is 5.75 Å². The van der Waals surface area contributed by atoms with Gasteiger partial charge in [-0.15, -0.1) is 0 Å². The average molecular weight is 498 g/mol. The van der Waals surface area contributed by atoms with E-state index < -0.39 is 10.0 Å². The maximum Gasteiger partial charge on any atom is 0.235 e. The second kappa shape index (κ2) is 8.86. The third-order valence-electron chi connectivity index (χ3n) is 7.35. The third kappa shape index (κ3) is 4.05. The standard InChI is InChI=1S/C26H31N3O5S/c1-17-16-27(26(31)19-6-4-7-19)23-14-20(8-10-22(23)29(17)18(2)30)21-9-11-25(34-3)24(15-21)28-12-5-13-35(28,32)33/h8-11,14-15,17,19H,4-7,12-13,16H2,1-3H3/t17-/m0/s1. The zero-order valence-corrected chi connectivity index (χ0v) is 21.2. The van der Waals surface area contributed by atoms with Crippen LogP contribution in [0.4, 0.5) is 17.1 Å². The lowest BCUT2D eigenvalue weighted by Gasteiger charge is -2.43. The van der Waals surface area contributed by atoms with Gasteiger partial charge in [0.25, 0.3) is 0 Å². The van der Waals surface area contributed by atoms with Gasteiger partial charge in [0.15, 0.2) is 0 Å². The molecule has 0 radical (unpaired) electrons. The van der Waals surface area contributed by atoms with Crippen LogP contribution < -0.4 is 18.8 Å². The Kier molecular flexibility index (Phi) is 5.99. The highest BCUT2D eigenvalue weighted by atomic mass is 32.2. The van der Waals surface area contributed by atoms with Gasteiger partial charge in [0.2, 0.25) is 21.8 Å². The molecule has 2 aliphatic heterocycles. The number of hydrogen-bond acceptors (Lipinski definition) is 5. The van der Waals surface area contributed by atoms with Crippen molar-refractivity contribution < 1.29 is 22.7 Å². The van der Waals surface area contributed by atoms with Crippen LogP contribution in [0, 0.1) is 5.92 Å². The molecular weight excluding hydrogens is 466 g/mol. The van der Waals surface area contributed by atoms with E-state index in [4.69, 9.17) is 4.74 Å². The molecule has 0 N–H and O–H groups in total. The lowest BCUT2D eigenvalue weighted by atomic mass is 9.84. The summed E-state index contributed by atoms with van der Waals surface area (Å²) in [4.78, 5) is 29.4. The predicted octanol–water partition coefficient (Wildman–Crippen LogP) is 3.79. The molecule has 1 atom stereocenters. The number of hydrogen-bond donors (Lipinski definition) is 0. The van der Waals surface area contributed by atoms with E-state index in [2.05, 4.69) is 0 Å². The first kappa shape index (κ1) is 23.7. The number of amides is 2. The molecule has 0 spiro atoms. The lowest BCUT2D eigenvalue weighted by molar-refractivity contribution is -0.125. The molecule has 1 saturated heterocycles. The van der Waals surface area contributed by atoms with Gasteiger partial charge in [-0.25, -0.2) is 8.42 Å². The highest BCUT2D eigenvalue weighted by Gasteiger charge is 2.38. The highest BCUT2D eigenvalue weighted by Crippen LogP contribution is 2.43. The topological polar surface area (TPSA) is 87.2 Å². The number of ether oxygens (including phenoxy) is 1. The summed E-state index contributed by atoms with van der Waals surface area (Å²) in [6, 6.07) is 11.1. The number of rotatable bonds is 4. The zero-order chi connectivity index (χ0) is 24.9. The molecule has 2 fully saturated rings.